The minimum Gasteiger partial charge on any atom is -0.496 e. The number of nitrogens with zero attached hydrogens (tertiary/aromatic N) is 1. The molecule has 0 fully saturated rings. The van der Waals surface area contributed by atoms with Gasteiger partial charge in [-0.05, 0) is 24.3 Å². The molecule has 3 rings (SSSR count). The van der Waals surface area contributed by atoms with Gasteiger partial charge in [0.05, 0.1) is 17.8 Å². The highest BCUT2D eigenvalue weighted by molar-refractivity contribution is 6.36. The number of halogens is 2. The smallest absolute Gasteiger partial charge is 0.231 e. The van der Waals surface area contributed by atoms with E-state index in [4.69, 9.17) is 37.4 Å². The molecule has 108 valence electrons. The Morgan fingerprint density at radius 2 is 1.90 bits per heavy atom. The van der Waals surface area contributed by atoms with E-state index in [-0.39, 0.29) is 6.79 Å². The second-order valence-corrected chi connectivity index (χ2v) is 5.14. The Hall–Kier alpha value is -1.91. The molecular weight excluding hydrogens is 313 g/mol. The number of hydrogen-bond acceptors (Lipinski definition) is 4. The van der Waals surface area contributed by atoms with Crippen molar-refractivity contribution in [1.82, 2.24) is 0 Å². The molecule has 1 heterocycles. The molecule has 0 aromatic heterocycles. The normalized spacial score (nSPS) is 12.9. The third-order valence-electron chi connectivity index (χ3n) is 2.98. The zero-order valence-electron chi connectivity index (χ0n) is 11.1. The molecule has 2 aromatic carbocycles. The number of fused-ring (bicyclic) bond motifs is 1. The van der Waals surface area contributed by atoms with Crippen molar-refractivity contribution in [2.24, 2.45) is 4.99 Å². The monoisotopic (exact) mass is 323 g/mol. The van der Waals surface area contributed by atoms with Crippen molar-refractivity contribution >= 4 is 35.1 Å². The standard InChI is InChI=1S/C15H11Cl2NO3/c1-19-13-6-15-14(20-8-21-15)4-9(13)7-18-12-3-2-10(16)5-11(12)17/h2-7H,8H2,1H3. The minimum absolute atomic E-state index is 0.210. The zero-order valence-corrected chi connectivity index (χ0v) is 12.6. The molecule has 4 nitrogen and oxygen atoms in total. The van der Waals surface area contributed by atoms with Crippen LogP contribution in [0.15, 0.2) is 35.3 Å². The molecule has 0 radical (unpaired) electrons. The van der Waals surface area contributed by atoms with E-state index >= 15 is 0 Å². The van der Waals surface area contributed by atoms with E-state index in [9.17, 15) is 0 Å². The molecule has 0 amide bonds. The van der Waals surface area contributed by atoms with Gasteiger partial charge < -0.3 is 14.2 Å². The van der Waals surface area contributed by atoms with E-state index in [1.165, 1.54) is 0 Å². The van der Waals surface area contributed by atoms with Gasteiger partial charge in [-0.25, -0.2) is 0 Å². The summed E-state index contributed by atoms with van der Waals surface area (Å²) in [6, 6.07) is 8.71. The van der Waals surface area contributed by atoms with E-state index < -0.39 is 0 Å². The molecular formula is C15H11Cl2NO3. The van der Waals surface area contributed by atoms with E-state index in [1.807, 2.05) is 6.07 Å². The second kappa shape index (κ2) is 5.84. The third kappa shape index (κ3) is 2.91. The molecule has 0 saturated heterocycles. The van der Waals surface area contributed by atoms with Gasteiger partial charge in [0.2, 0.25) is 6.79 Å². The highest BCUT2D eigenvalue weighted by Crippen LogP contribution is 2.37. The van der Waals surface area contributed by atoms with Crippen molar-refractivity contribution in [1.29, 1.82) is 0 Å². The second-order valence-electron chi connectivity index (χ2n) is 4.30. The zero-order chi connectivity index (χ0) is 14.8. The maximum atomic E-state index is 6.09. The molecule has 1 aliphatic rings. The first-order chi connectivity index (χ1) is 10.2. The van der Waals surface area contributed by atoms with E-state index in [0.29, 0.717) is 33.0 Å². The third-order valence-corrected chi connectivity index (χ3v) is 3.52. The Bertz CT molecular complexity index is 716. The van der Waals surface area contributed by atoms with Crippen LogP contribution in [-0.4, -0.2) is 20.1 Å². The number of hydrogen-bond donors (Lipinski definition) is 0. The first kappa shape index (κ1) is 14.0. The fourth-order valence-electron chi connectivity index (χ4n) is 1.94. The van der Waals surface area contributed by atoms with Crippen LogP contribution in [0.5, 0.6) is 17.2 Å². The summed E-state index contributed by atoms with van der Waals surface area (Å²) >= 11 is 11.9. The van der Waals surface area contributed by atoms with Gasteiger partial charge in [-0.15, -0.1) is 0 Å². The lowest BCUT2D eigenvalue weighted by atomic mass is 10.2. The van der Waals surface area contributed by atoms with E-state index in [0.717, 1.165) is 5.56 Å². The Balaban J connectivity index is 1.95. The van der Waals surface area contributed by atoms with Crippen molar-refractivity contribution in [2.75, 3.05) is 13.9 Å². The highest BCUT2D eigenvalue weighted by atomic mass is 35.5. The molecule has 0 bridgehead atoms. The lowest BCUT2D eigenvalue weighted by Crippen LogP contribution is -1.92. The van der Waals surface area contributed by atoms with Gasteiger partial charge in [0.15, 0.2) is 11.5 Å². The predicted octanol–water partition coefficient (Wildman–Crippen LogP) is 4.48. The Morgan fingerprint density at radius 3 is 2.62 bits per heavy atom. The van der Waals surface area contributed by atoms with Crippen LogP contribution in [0, 0.1) is 0 Å². The molecule has 0 atom stereocenters. The number of aliphatic imine (C=N–C) groups is 1. The molecule has 2 aromatic rings. The summed E-state index contributed by atoms with van der Waals surface area (Å²) < 4.78 is 16.0. The maximum absolute atomic E-state index is 6.09. The van der Waals surface area contributed by atoms with Gasteiger partial charge in [0, 0.05) is 22.9 Å². The van der Waals surface area contributed by atoms with E-state index in [1.54, 1.807) is 37.6 Å². The van der Waals surface area contributed by atoms with Gasteiger partial charge in [-0.2, -0.15) is 0 Å². The molecule has 21 heavy (non-hydrogen) atoms. The molecule has 6 heteroatoms. The molecule has 0 spiro atoms. The Kier molecular flexibility index (Phi) is 3.90. The summed E-state index contributed by atoms with van der Waals surface area (Å²) in [6.45, 7) is 0.210. The molecule has 1 aliphatic heterocycles. The summed E-state index contributed by atoms with van der Waals surface area (Å²) in [5.74, 6) is 1.97. The summed E-state index contributed by atoms with van der Waals surface area (Å²) in [4.78, 5) is 4.36. The van der Waals surface area contributed by atoms with Crippen molar-refractivity contribution < 1.29 is 14.2 Å². The van der Waals surface area contributed by atoms with Crippen LogP contribution < -0.4 is 14.2 Å². The number of methoxy groups -OCH3 is 1. The Morgan fingerprint density at radius 1 is 1.14 bits per heavy atom. The lowest BCUT2D eigenvalue weighted by Gasteiger charge is -2.06. The fraction of sp³-hybridized carbons (Fsp3) is 0.133. The van der Waals surface area contributed by atoms with Gasteiger partial charge in [0.1, 0.15) is 5.75 Å². The van der Waals surface area contributed by atoms with E-state index in [2.05, 4.69) is 4.99 Å². The quantitative estimate of drug-likeness (QED) is 0.782. The van der Waals surface area contributed by atoms with Gasteiger partial charge in [0.25, 0.3) is 0 Å². The summed E-state index contributed by atoms with van der Waals surface area (Å²) in [6.07, 6.45) is 1.66. The van der Waals surface area contributed by atoms with Crippen LogP contribution in [0.25, 0.3) is 0 Å². The molecule has 0 N–H and O–H groups in total. The van der Waals surface area contributed by atoms with Crippen molar-refractivity contribution in [3.63, 3.8) is 0 Å². The predicted molar refractivity (Wildman–Crippen MR) is 82.8 cm³/mol. The topological polar surface area (TPSA) is 40.0 Å². The SMILES string of the molecule is COc1cc2c(cc1C=Nc1ccc(Cl)cc1Cl)OCO2. The van der Waals surface area contributed by atoms with Crippen LogP contribution in [-0.2, 0) is 0 Å². The van der Waals surface area contributed by atoms with Crippen molar-refractivity contribution in [3.05, 3.63) is 45.9 Å². The van der Waals surface area contributed by atoms with Gasteiger partial charge in [-0.1, -0.05) is 23.2 Å². The summed E-state index contributed by atoms with van der Waals surface area (Å²) in [5, 5.41) is 1.05. The van der Waals surface area contributed by atoms with Crippen LogP contribution >= 0.6 is 23.2 Å². The number of benzene rings is 2. The van der Waals surface area contributed by atoms with Crippen molar-refractivity contribution in [2.45, 2.75) is 0 Å². The Labute approximate surface area is 131 Å². The maximum Gasteiger partial charge on any atom is 0.231 e. The summed E-state index contributed by atoms with van der Waals surface area (Å²) in [5.41, 5.74) is 1.40. The van der Waals surface area contributed by atoms with Crippen LogP contribution in [0.2, 0.25) is 10.0 Å². The number of ether oxygens (including phenoxy) is 3. The van der Waals surface area contributed by atoms with Gasteiger partial charge >= 0.3 is 0 Å². The molecule has 0 aliphatic carbocycles. The van der Waals surface area contributed by atoms with Crippen LogP contribution in [0.4, 0.5) is 5.69 Å². The van der Waals surface area contributed by atoms with Crippen molar-refractivity contribution in [3.8, 4) is 17.2 Å². The first-order valence-corrected chi connectivity index (χ1v) is 6.90. The molecule has 0 saturated carbocycles. The fourth-order valence-corrected chi connectivity index (χ4v) is 2.40. The first-order valence-electron chi connectivity index (χ1n) is 6.14. The average Bonchev–Trinajstić information content (AvgIpc) is 2.92. The lowest BCUT2D eigenvalue weighted by molar-refractivity contribution is 0.174. The van der Waals surface area contributed by atoms with Crippen LogP contribution in [0.3, 0.4) is 0 Å². The molecule has 0 unspecified atom stereocenters. The highest BCUT2D eigenvalue weighted by Gasteiger charge is 2.17. The summed E-state index contributed by atoms with van der Waals surface area (Å²) in [7, 11) is 1.59. The largest absolute Gasteiger partial charge is 0.496 e. The van der Waals surface area contributed by atoms with Gasteiger partial charge in [-0.3, -0.25) is 4.99 Å². The number of rotatable bonds is 3. The average molecular weight is 324 g/mol. The van der Waals surface area contributed by atoms with Crippen LogP contribution in [0.1, 0.15) is 5.56 Å². The minimum atomic E-state index is 0.210.